The van der Waals surface area contributed by atoms with Crippen LogP contribution in [0.3, 0.4) is 0 Å². The van der Waals surface area contributed by atoms with E-state index in [9.17, 15) is 4.79 Å². The third-order valence-electron chi connectivity index (χ3n) is 3.70. The van der Waals surface area contributed by atoms with Crippen LogP contribution >= 0.6 is 0 Å². The van der Waals surface area contributed by atoms with E-state index < -0.39 is 0 Å². The fourth-order valence-corrected chi connectivity index (χ4v) is 2.48. The van der Waals surface area contributed by atoms with Crippen LogP contribution in [0, 0.1) is 12.8 Å². The summed E-state index contributed by atoms with van der Waals surface area (Å²) < 4.78 is 5.74. The second-order valence-corrected chi connectivity index (χ2v) is 5.37. The number of rotatable bonds is 2. The molecule has 1 saturated carbocycles. The molecule has 0 radical (unpaired) electrons. The smallest absolute Gasteiger partial charge is 0.223 e. The molecule has 3 heteroatoms. The number of nitrogens with one attached hydrogen (secondary N) is 1. The van der Waals surface area contributed by atoms with Crippen molar-refractivity contribution in [3.05, 3.63) is 29.3 Å². The van der Waals surface area contributed by atoms with Crippen LogP contribution in [-0.4, -0.2) is 12.5 Å². The van der Waals surface area contributed by atoms with Crippen LogP contribution in [-0.2, 0) is 4.79 Å². The summed E-state index contributed by atoms with van der Waals surface area (Å²) in [5, 5.41) is 3.19. The highest BCUT2D eigenvalue weighted by Crippen LogP contribution is 2.34. The van der Waals surface area contributed by atoms with Gasteiger partial charge in [-0.1, -0.05) is 17.7 Å². The van der Waals surface area contributed by atoms with Crippen LogP contribution < -0.4 is 10.1 Å². The summed E-state index contributed by atoms with van der Waals surface area (Å²) in [6.45, 7) is 2.82. The van der Waals surface area contributed by atoms with Crippen molar-refractivity contribution in [1.29, 1.82) is 0 Å². The van der Waals surface area contributed by atoms with E-state index in [1.165, 1.54) is 5.56 Å². The molecule has 3 nitrogen and oxygen atoms in total. The number of benzene rings is 1. The summed E-state index contributed by atoms with van der Waals surface area (Å²) in [7, 11) is 0. The van der Waals surface area contributed by atoms with Gasteiger partial charge in [-0.25, -0.2) is 0 Å². The summed E-state index contributed by atoms with van der Waals surface area (Å²) in [5.74, 6) is 1.41. The molecule has 1 N–H and O–H groups in total. The molecule has 0 aromatic heterocycles. The normalized spacial score (nSPS) is 22.6. The summed E-state index contributed by atoms with van der Waals surface area (Å²) in [6, 6.07) is 6.34. The van der Waals surface area contributed by atoms with E-state index in [-0.39, 0.29) is 17.9 Å². The Morgan fingerprint density at radius 2 is 2.17 bits per heavy atom. The van der Waals surface area contributed by atoms with Crippen molar-refractivity contribution in [3.63, 3.8) is 0 Å². The molecule has 0 spiro atoms. The summed E-state index contributed by atoms with van der Waals surface area (Å²) in [6.07, 6.45) is 4.06. The summed E-state index contributed by atoms with van der Waals surface area (Å²) >= 11 is 0. The molecule has 1 aromatic rings. The predicted octanol–water partition coefficient (Wildman–Crippen LogP) is 2.73. The number of ether oxygens (including phenoxy) is 1. The maximum atomic E-state index is 11.9. The average molecular weight is 245 g/mol. The van der Waals surface area contributed by atoms with Crippen molar-refractivity contribution in [2.45, 2.75) is 38.6 Å². The Kier molecular flexibility index (Phi) is 2.98. The van der Waals surface area contributed by atoms with Crippen LogP contribution in [0.5, 0.6) is 5.75 Å². The Balaban J connectivity index is 1.85. The first-order chi connectivity index (χ1) is 8.74. The van der Waals surface area contributed by atoms with Gasteiger partial charge in [0.1, 0.15) is 5.75 Å². The average Bonchev–Trinajstić information content (AvgIpc) is 3.17. The van der Waals surface area contributed by atoms with Crippen molar-refractivity contribution in [1.82, 2.24) is 5.32 Å². The molecule has 0 bridgehead atoms. The zero-order valence-corrected chi connectivity index (χ0v) is 10.7. The third-order valence-corrected chi connectivity index (χ3v) is 3.70. The lowest BCUT2D eigenvalue weighted by Crippen LogP contribution is -2.29. The third kappa shape index (κ3) is 2.35. The number of hydrogen-bond donors (Lipinski definition) is 1. The molecule has 1 aliphatic carbocycles. The van der Waals surface area contributed by atoms with E-state index in [1.807, 2.05) is 6.07 Å². The first-order valence-corrected chi connectivity index (χ1v) is 6.78. The van der Waals surface area contributed by atoms with Crippen LogP contribution in [0.1, 0.15) is 42.9 Å². The van der Waals surface area contributed by atoms with Crippen LogP contribution in [0.4, 0.5) is 0 Å². The lowest BCUT2D eigenvalue weighted by molar-refractivity contribution is -0.123. The molecule has 1 aromatic carbocycles. The van der Waals surface area contributed by atoms with Crippen molar-refractivity contribution in [2.24, 2.45) is 5.92 Å². The molecule has 1 aliphatic heterocycles. The lowest BCUT2D eigenvalue weighted by Gasteiger charge is -2.18. The predicted molar refractivity (Wildman–Crippen MR) is 69.5 cm³/mol. The fourth-order valence-electron chi connectivity index (χ4n) is 2.48. The van der Waals surface area contributed by atoms with Gasteiger partial charge in [-0.3, -0.25) is 4.79 Å². The van der Waals surface area contributed by atoms with Crippen molar-refractivity contribution in [2.75, 3.05) is 6.61 Å². The highest BCUT2D eigenvalue weighted by Gasteiger charge is 2.32. The number of aryl methyl sites for hydroxylation is 1. The van der Waals surface area contributed by atoms with Gasteiger partial charge in [0.2, 0.25) is 5.91 Å². The molecule has 18 heavy (non-hydrogen) atoms. The number of carbonyl (C=O) groups excluding carboxylic acids is 1. The minimum atomic E-state index is 0.121. The van der Waals surface area contributed by atoms with E-state index in [4.69, 9.17) is 4.74 Å². The van der Waals surface area contributed by atoms with Gasteiger partial charge < -0.3 is 10.1 Å². The van der Waals surface area contributed by atoms with Crippen molar-refractivity contribution < 1.29 is 9.53 Å². The highest BCUT2D eigenvalue weighted by atomic mass is 16.5. The minimum absolute atomic E-state index is 0.121. The Morgan fingerprint density at radius 3 is 2.94 bits per heavy atom. The van der Waals surface area contributed by atoms with Gasteiger partial charge in [0.25, 0.3) is 0 Å². The molecular formula is C15H19NO2. The van der Waals surface area contributed by atoms with E-state index in [2.05, 4.69) is 24.4 Å². The SMILES string of the molecule is Cc1ccc2c(c1)C(NC(=O)C1CC1)CCCO2. The largest absolute Gasteiger partial charge is 0.493 e. The maximum Gasteiger partial charge on any atom is 0.223 e. The molecule has 1 atom stereocenters. The topological polar surface area (TPSA) is 38.3 Å². The number of carbonyl (C=O) groups is 1. The second kappa shape index (κ2) is 4.63. The van der Waals surface area contributed by atoms with Gasteiger partial charge in [0.15, 0.2) is 0 Å². The number of amides is 1. The zero-order valence-electron chi connectivity index (χ0n) is 10.7. The van der Waals surface area contributed by atoms with E-state index in [0.29, 0.717) is 0 Å². The summed E-state index contributed by atoms with van der Waals surface area (Å²) in [5.41, 5.74) is 2.35. The first kappa shape index (κ1) is 11.6. The standard InChI is InChI=1S/C15H19NO2/c1-10-4-7-14-12(9-10)13(3-2-8-18-14)16-15(17)11-5-6-11/h4,7,9,11,13H,2-3,5-6,8H2,1H3,(H,16,17). The minimum Gasteiger partial charge on any atom is -0.493 e. The Labute approximate surface area is 108 Å². The van der Waals surface area contributed by atoms with Gasteiger partial charge in [-0.05, 0) is 38.7 Å². The molecule has 96 valence electrons. The first-order valence-electron chi connectivity index (χ1n) is 6.78. The van der Waals surface area contributed by atoms with Gasteiger partial charge in [0.05, 0.1) is 12.6 Å². The van der Waals surface area contributed by atoms with Gasteiger partial charge in [0, 0.05) is 11.5 Å². The van der Waals surface area contributed by atoms with Crippen molar-refractivity contribution >= 4 is 5.91 Å². The van der Waals surface area contributed by atoms with Crippen LogP contribution in [0.25, 0.3) is 0 Å². The highest BCUT2D eigenvalue weighted by molar-refractivity contribution is 5.81. The van der Waals surface area contributed by atoms with Gasteiger partial charge in [-0.2, -0.15) is 0 Å². The van der Waals surface area contributed by atoms with E-state index in [1.54, 1.807) is 0 Å². The zero-order chi connectivity index (χ0) is 12.5. The fraction of sp³-hybridized carbons (Fsp3) is 0.533. The molecule has 0 saturated heterocycles. The molecule has 2 aliphatic rings. The number of fused-ring (bicyclic) bond motifs is 1. The number of hydrogen-bond acceptors (Lipinski definition) is 2. The van der Waals surface area contributed by atoms with Crippen LogP contribution in [0.15, 0.2) is 18.2 Å². The maximum absolute atomic E-state index is 11.9. The second-order valence-electron chi connectivity index (χ2n) is 5.37. The van der Waals surface area contributed by atoms with Crippen LogP contribution in [0.2, 0.25) is 0 Å². The van der Waals surface area contributed by atoms with E-state index in [0.717, 1.165) is 43.6 Å². The molecule has 1 amide bonds. The molecule has 1 fully saturated rings. The van der Waals surface area contributed by atoms with E-state index >= 15 is 0 Å². The molecule has 1 unspecified atom stereocenters. The van der Waals surface area contributed by atoms with Gasteiger partial charge >= 0.3 is 0 Å². The lowest BCUT2D eigenvalue weighted by atomic mass is 10.00. The van der Waals surface area contributed by atoms with Crippen molar-refractivity contribution in [3.8, 4) is 5.75 Å². The Bertz CT molecular complexity index is 466. The monoisotopic (exact) mass is 245 g/mol. The summed E-state index contributed by atoms with van der Waals surface area (Å²) in [4.78, 5) is 11.9. The Hall–Kier alpha value is -1.51. The molecular weight excluding hydrogens is 226 g/mol. The Morgan fingerprint density at radius 1 is 1.33 bits per heavy atom. The molecule has 1 heterocycles. The van der Waals surface area contributed by atoms with Gasteiger partial charge in [-0.15, -0.1) is 0 Å². The quantitative estimate of drug-likeness (QED) is 0.870. The molecule has 3 rings (SSSR count).